The van der Waals surface area contributed by atoms with E-state index in [1.54, 1.807) is 0 Å². The first-order chi connectivity index (χ1) is 9.93. The fourth-order valence-electron chi connectivity index (χ4n) is 2.07. The quantitative estimate of drug-likeness (QED) is 0.393. The molecule has 1 heterocycles. The Balaban J connectivity index is 2.30. The molecule has 6 nitrogen and oxygen atoms in total. The molecule has 1 atom stereocenters. The number of hydrogen-bond acceptors (Lipinski definition) is 4. The minimum atomic E-state index is -2.87. The van der Waals surface area contributed by atoms with Crippen LogP contribution in [0.2, 0.25) is 0 Å². The van der Waals surface area contributed by atoms with Crippen LogP contribution in [-0.4, -0.2) is 58.2 Å². The van der Waals surface area contributed by atoms with Gasteiger partial charge < -0.3 is 15.4 Å². The van der Waals surface area contributed by atoms with Gasteiger partial charge in [-0.25, -0.2) is 8.42 Å². The molecule has 0 saturated carbocycles. The third-order valence-corrected chi connectivity index (χ3v) is 5.03. The Morgan fingerprint density at radius 1 is 1.38 bits per heavy atom. The average molecular weight is 319 g/mol. The fourth-order valence-corrected chi connectivity index (χ4v) is 3.74. The molecule has 1 aliphatic heterocycles. The Bertz CT molecular complexity index is 421. The zero-order chi connectivity index (χ0) is 15.7. The summed E-state index contributed by atoms with van der Waals surface area (Å²) in [7, 11) is -2.87. The Kier molecular flexibility index (Phi) is 8.03. The Labute approximate surface area is 128 Å². The molecule has 1 fully saturated rings. The van der Waals surface area contributed by atoms with E-state index >= 15 is 0 Å². The maximum absolute atomic E-state index is 11.4. The Hall–Kier alpha value is -0.820. The van der Waals surface area contributed by atoms with Crippen molar-refractivity contribution in [3.63, 3.8) is 0 Å². The lowest BCUT2D eigenvalue weighted by molar-refractivity contribution is 0.130. The van der Waals surface area contributed by atoms with E-state index in [0.29, 0.717) is 31.4 Å². The van der Waals surface area contributed by atoms with E-state index < -0.39 is 9.84 Å². The predicted molar refractivity (Wildman–Crippen MR) is 86.4 cm³/mol. The van der Waals surface area contributed by atoms with Crippen molar-refractivity contribution in [3.8, 4) is 0 Å². The molecule has 0 aromatic heterocycles. The van der Waals surface area contributed by atoms with Gasteiger partial charge in [0.25, 0.3) is 0 Å². The van der Waals surface area contributed by atoms with E-state index in [1.165, 1.54) is 0 Å². The van der Waals surface area contributed by atoms with Crippen molar-refractivity contribution in [2.45, 2.75) is 39.7 Å². The van der Waals surface area contributed by atoms with Gasteiger partial charge in [0.05, 0.1) is 24.7 Å². The summed E-state index contributed by atoms with van der Waals surface area (Å²) in [5, 5.41) is 6.32. The van der Waals surface area contributed by atoms with Crippen LogP contribution in [0.4, 0.5) is 0 Å². The molecule has 0 bridgehead atoms. The highest BCUT2D eigenvalue weighted by Crippen LogP contribution is 2.10. The molecule has 0 spiro atoms. The van der Waals surface area contributed by atoms with Gasteiger partial charge in [0, 0.05) is 19.2 Å². The van der Waals surface area contributed by atoms with Gasteiger partial charge in [-0.05, 0) is 25.7 Å². The molecule has 0 aromatic rings. The lowest BCUT2D eigenvalue weighted by Crippen LogP contribution is -2.44. The molecule has 2 N–H and O–H groups in total. The normalized spacial score (nSPS) is 21.7. The first kappa shape index (κ1) is 18.2. The van der Waals surface area contributed by atoms with Crippen LogP contribution in [0, 0.1) is 5.92 Å². The lowest BCUT2D eigenvalue weighted by atomic mass is 10.1. The number of hydrogen-bond donors (Lipinski definition) is 2. The van der Waals surface area contributed by atoms with Crippen LogP contribution < -0.4 is 10.6 Å². The van der Waals surface area contributed by atoms with Crippen LogP contribution in [0.15, 0.2) is 4.99 Å². The first-order valence-corrected chi connectivity index (χ1v) is 9.58. The van der Waals surface area contributed by atoms with Crippen LogP contribution >= 0.6 is 0 Å². The van der Waals surface area contributed by atoms with Gasteiger partial charge in [-0.3, -0.25) is 4.99 Å². The van der Waals surface area contributed by atoms with E-state index in [0.717, 1.165) is 19.6 Å². The molecule has 1 aliphatic rings. The van der Waals surface area contributed by atoms with Crippen molar-refractivity contribution in [2.24, 2.45) is 10.9 Å². The summed E-state index contributed by atoms with van der Waals surface area (Å²) >= 11 is 0. The summed E-state index contributed by atoms with van der Waals surface area (Å²) in [4.78, 5) is 4.42. The van der Waals surface area contributed by atoms with Gasteiger partial charge >= 0.3 is 0 Å². The van der Waals surface area contributed by atoms with Gasteiger partial charge in [-0.15, -0.1) is 0 Å². The molecule has 0 aliphatic carbocycles. The molecular weight excluding hydrogens is 290 g/mol. The van der Waals surface area contributed by atoms with Gasteiger partial charge in [0.2, 0.25) is 0 Å². The SMILES string of the molecule is CCNC(=NCCOCCC(C)C)NC1CCS(=O)(=O)C1. The molecule has 7 heteroatoms. The van der Waals surface area contributed by atoms with Crippen LogP contribution in [0.1, 0.15) is 33.6 Å². The second kappa shape index (κ2) is 9.25. The Morgan fingerprint density at radius 2 is 2.14 bits per heavy atom. The zero-order valence-corrected chi connectivity index (χ0v) is 14.2. The van der Waals surface area contributed by atoms with E-state index in [2.05, 4.69) is 29.5 Å². The number of ether oxygens (including phenoxy) is 1. The number of guanidine groups is 1. The minimum Gasteiger partial charge on any atom is -0.380 e. The van der Waals surface area contributed by atoms with Gasteiger partial charge in [0.15, 0.2) is 15.8 Å². The average Bonchev–Trinajstić information content (AvgIpc) is 2.72. The highest BCUT2D eigenvalue weighted by atomic mass is 32.2. The highest BCUT2D eigenvalue weighted by Gasteiger charge is 2.28. The summed E-state index contributed by atoms with van der Waals surface area (Å²) in [5.74, 6) is 1.79. The van der Waals surface area contributed by atoms with Crippen LogP contribution in [0.25, 0.3) is 0 Å². The summed E-state index contributed by atoms with van der Waals surface area (Å²) in [6.45, 7) is 9.01. The van der Waals surface area contributed by atoms with Crippen LogP contribution in [-0.2, 0) is 14.6 Å². The Morgan fingerprint density at radius 3 is 2.71 bits per heavy atom. The van der Waals surface area contributed by atoms with Crippen LogP contribution in [0.5, 0.6) is 0 Å². The number of nitrogens with one attached hydrogen (secondary N) is 2. The summed E-state index contributed by atoms with van der Waals surface area (Å²) < 4.78 is 28.4. The second-order valence-electron chi connectivity index (χ2n) is 5.80. The summed E-state index contributed by atoms with van der Waals surface area (Å²) in [5.41, 5.74) is 0. The molecule has 1 rings (SSSR count). The maximum atomic E-state index is 11.4. The van der Waals surface area contributed by atoms with Crippen molar-refractivity contribution in [2.75, 3.05) is 37.8 Å². The lowest BCUT2D eigenvalue weighted by Gasteiger charge is -2.15. The largest absolute Gasteiger partial charge is 0.380 e. The molecule has 1 unspecified atom stereocenters. The van der Waals surface area contributed by atoms with Crippen molar-refractivity contribution in [3.05, 3.63) is 0 Å². The van der Waals surface area contributed by atoms with E-state index in [4.69, 9.17) is 4.74 Å². The summed E-state index contributed by atoms with van der Waals surface area (Å²) in [6.07, 6.45) is 1.71. The maximum Gasteiger partial charge on any atom is 0.191 e. The van der Waals surface area contributed by atoms with Crippen LogP contribution in [0.3, 0.4) is 0 Å². The number of rotatable bonds is 8. The fraction of sp³-hybridized carbons (Fsp3) is 0.929. The first-order valence-electron chi connectivity index (χ1n) is 7.76. The third-order valence-electron chi connectivity index (χ3n) is 3.26. The molecule has 0 aromatic carbocycles. The van der Waals surface area contributed by atoms with Gasteiger partial charge in [-0.2, -0.15) is 0 Å². The number of aliphatic imine (C=N–C) groups is 1. The van der Waals surface area contributed by atoms with E-state index in [1.807, 2.05) is 6.92 Å². The minimum absolute atomic E-state index is 0.0327. The number of sulfone groups is 1. The highest BCUT2D eigenvalue weighted by molar-refractivity contribution is 7.91. The van der Waals surface area contributed by atoms with Gasteiger partial charge in [-0.1, -0.05) is 13.8 Å². The van der Waals surface area contributed by atoms with E-state index in [-0.39, 0.29) is 17.5 Å². The molecular formula is C14H29N3O3S. The molecule has 124 valence electrons. The topological polar surface area (TPSA) is 79.8 Å². The predicted octanol–water partition coefficient (Wildman–Crippen LogP) is 0.791. The monoisotopic (exact) mass is 319 g/mol. The zero-order valence-electron chi connectivity index (χ0n) is 13.4. The van der Waals surface area contributed by atoms with Crippen molar-refractivity contribution >= 4 is 15.8 Å². The smallest absolute Gasteiger partial charge is 0.191 e. The van der Waals surface area contributed by atoms with Crippen molar-refractivity contribution in [1.82, 2.24) is 10.6 Å². The second-order valence-corrected chi connectivity index (χ2v) is 8.03. The summed E-state index contributed by atoms with van der Waals surface area (Å²) in [6, 6.07) is -0.0327. The van der Waals surface area contributed by atoms with Gasteiger partial charge in [0.1, 0.15) is 0 Å². The molecule has 0 radical (unpaired) electrons. The standard InChI is InChI=1S/C14H29N3O3S/c1-4-15-14(16-7-9-20-8-5-12(2)3)17-13-6-10-21(18,19)11-13/h12-13H,4-11H2,1-3H3,(H2,15,16,17). The molecule has 21 heavy (non-hydrogen) atoms. The molecule has 1 saturated heterocycles. The van der Waals surface area contributed by atoms with Crippen molar-refractivity contribution in [1.29, 1.82) is 0 Å². The van der Waals surface area contributed by atoms with E-state index in [9.17, 15) is 8.42 Å². The number of nitrogens with zero attached hydrogens (tertiary/aromatic N) is 1. The third kappa shape index (κ3) is 8.26. The molecule has 0 amide bonds. The van der Waals surface area contributed by atoms with Crippen molar-refractivity contribution < 1.29 is 13.2 Å².